The Balaban J connectivity index is 1.40. The maximum absolute atomic E-state index is 12.3. The van der Waals surface area contributed by atoms with Gasteiger partial charge in [0.25, 0.3) is 0 Å². The molecule has 0 unspecified atom stereocenters. The molecular formula is C21H19N5O3S. The number of nitrogens with zero attached hydrogens (tertiary/aromatic N) is 3. The minimum atomic E-state index is -0.363. The Kier molecular flexibility index (Phi) is 5.71. The highest BCUT2D eigenvalue weighted by atomic mass is 32.1. The number of carbonyl (C=O) groups excluding carboxylic acids is 2. The molecule has 0 radical (unpaired) electrons. The number of ether oxygens (including phenoxy) is 1. The molecule has 152 valence electrons. The molecule has 2 aromatic heterocycles. The lowest BCUT2D eigenvalue weighted by Crippen LogP contribution is -2.29. The smallest absolute Gasteiger partial charge is 0.348 e. The van der Waals surface area contributed by atoms with Crippen molar-refractivity contribution in [2.45, 2.75) is 13.5 Å². The van der Waals surface area contributed by atoms with Crippen LogP contribution in [0.2, 0.25) is 0 Å². The predicted octanol–water partition coefficient (Wildman–Crippen LogP) is 3.98. The second-order valence-electron chi connectivity index (χ2n) is 6.34. The van der Waals surface area contributed by atoms with E-state index in [1.54, 1.807) is 25.4 Å². The fraction of sp³-hybridized carbons (Fsp3) is 0.143. The minimum absolute atomic E-state index is 0.217. The van der Waals surface area contributed by atoms with Crippen LogP contribution in [0.5, 0.6) is 0 Å². The summed E-state index contributed by atoms with van der Waals surface area (Å²) < 4.78 is 7.80. The fourth-order valence-electron chi connectivity index (χ4n) is 2.94. The SMILES string of the molecule is CCOC(=O)c1cc2cc(NC(=O)NCc3nncn3-c3ccccc3)ccc2s1. The Morgan fingerprint density at radius 3 is 2.77 bits per heavy atom. The maximum atomic E-state index is 12.3. The first kappa shape index (κ1) is 19.6. The van der Waals surface area contributed by atoms with Gasteiger partial charge in [0.05, 0.1) is 13.2 Å². The first-order chi connectivity index (χ1) is 14.6. The van der Waals surface area contributed by atoms with Gasteiger partial charge in [0.1, 0.15) is 11.2 Å². The topological polar surface area (TPSA) is 98.1 Å². The Morgan fingerprint density at radius 2 is 1.97 bits per heavy atom. The number of benzene rings is 2. The van der Waals surface area contributed by atoms with Gasteiger partial charge in [-0.05, 0) is 48.7 Å². The number of para-hydroxylation sites is 1. The highest BCUT2D eigenvalue weighted by Gasteiger charge is 2.12. The predicted molar refractivity (Wildman–Crippen MR) is 115 cm³/mol. The van der Waals surface area contributed by atoms with Crippen molar-refractivity contribution in [1.82, 2.24) is 20.1 Å². The largest absolute Gasteiger partial charge is 0.462 e. The van der Waals surface area contributed by atoms with Gasteiger partial charge in [-0.3, -0.25) is 4.57 Å². The average Bonchev–Trinajstić information content (AvgIpc) is 3.40. The van der Waals surface area contributed by atoms with Gasteiger partial charge in [-0.1, -0.05) is 18.2 Å². The average molecular weight is 421 g/mol. The lowest BCUT2D eigenvalue weighted by molar-refractivity contribution is 0.0532. The zero-order chi connectivity index (χ0) is 20.9. The van der Waals surface area contributed by atoms with Crippen LogP contribution in [0.25, 0.3) is 15.8 Å². The molecule has 0 aliphatic heterocycles. The van der Waals surface area contributed by atoms with Crippen LogP contribution in [0.4, 0.5) is 10.5 Å². The van der Waals surface area contributed by atoms with Crippen LogP contribution < -0.4 is 10.6 Å². The minimum Gasteiger partial charge on any atom is -0.462 e. The molecule has 2 aromatic carbocycles. The van der Waals surface area contributed by atoms with Gasteiger partial charge in [-0.15, -0.1) is 21.5 Å². The number of esters is 1. The van der Waals surface area contributed by atoms with Crippen molar-refractivity contribution in [3.8, 4) is 5.69 Å². The van der Waals surface area contributed by atoms with Crippen molar-refractivity contribution in [3.63, 3.8) is 0 Å². The van der Waals surface area contributed by atoms with Gasteiger partial charge >= 0.3 is 12.0 Å². The van der Waals surface area contributed by atoms with E-state index in [0.717, 1.165) is 15.8 Å². The Morgan fingerprint density at radius 1 is 1.13 bits per heavy atom. The van der Waals surface area contributed by atoms with E-state index in [9.17, 15) is 9.59 Å². The summed E-state index contributed by atoms with van der Waals surface area (Å²) >= 11 is 1.36. The summed E-state index contributed by atoms with van der Waals surface area (Å²) in [6, 6.07) is 16.5. The number of urea groups is 1. The standard InChI is InChI=1S/C21H19N5O3S/c1-2-29-20(27)18-11-14-10-15(8-9-17(14)30-18)24-21(28)22-12-19-25-23-13-26(19)16-6-4-3-5-7-16/h3-11,13H,2,12H2,1H3,(H2,22,24,28). The van der Waals surface area contributed by atoms with E-state index < -0.39 is 0 Å². The number of carbonyl (C=O) groups is 2. The van der Waals surface area contributed by atoms with Crippen LogP contribution >= 0.6 is 11.3 Å². The summed E-state index contributed by atoms with van der Waals surface area (Å²) in [6.07, 6.45) is 1.61. The first-order valence-electron chi connectivity index (χ1n) is 9.34. The molecule has 0 aliphatic carbocycles. The molecule has 4 aromatic rings. The fourth-order valence-corrected chi connectivity index (χ4v) is 3.88. The van der Waals surface area contributed by atoms with Gasteiger partial charge in [0, 0.05) is 16.1 Å². The zero-order valence-electron chi connectivity index (χ0n) is 16.2. The molecular weight excluding hydrogens is 402 g/mol. The van der Waals surface area contributed by atoms with Gasteiger partial charge < -0.3 is 15.4 Å². The van der Waals surface area contributed by atoms with Gasteiger partial charge in [0.15, 0.2) is 5.82 Å². The summed E-state index contributed by atoms with van der Waals surface area (Å²) in [6.45, 7) is 2.32. The van der Waals surface area contributed by atoms with Crippen molar-refractivity contribution in [2.75, 3.05) is 11.9 Å². The number of rotatable bonds is 6. The van der Waals surface area contributed by atoms with Crippen LogP contribution in [0, 0.1) is 0 Å². The molecule has 0 saturated carbocycles. The molecule has 0 fully saturated rings. The van der Waals surface area contributed by atoms with E-state index in [1.807, 2.05) is 47.0 Å². The number of hydrogen-bond donors (Lipinski definition) is 2. The van der Waals surface area contributed by atoms with E-state index in [2.05, 4.69) is 20.8 Å². The van der Waals surface area contributed by atoms with Crippen LogP contribution in [-0.2, 0) is 11.3 Å². The third-order valence-corrected chi connectivity index (χ3v) is 5.41. The van der Waals surface area contributed by atoms with Gasteiger partial charge in [-0.25, -0.2) is 9.59 Å². The van der Waals surface area contributed by atoms with Gasteiger partial charge in [-0.2, -0.15) is 0 Å². The van der Waals surface area contributed by atoms with E-state index in [0.29, 0.717) is 23.0 Å². The number of anilines is 1. The molecule has 0 bridgehead atoms. The number of aromatic nitrogens is 3. The Hall–Kier alpha value is -3.72. The summed E-state index contributed by atoms with van der Waals surface area (Å²) in [5, 5.41) is 14.5. The molecule has 2 amide bonds. The van der Waals surface area contributed by atoms with Crippen LogP contribution in [-0.4, -0.2) is 33.4 Å². The third-order valence-electron chi connectivity index (χ3n) is 4.31. The summed E-state index contributed by atoms with van der Waals surface area (Å²) in [5.74, 6) is 0.275. The molecule has 0 spiro atoms. The van der Waals surface area contributed by atoms with Crippen molar-refractivity contribution in [3.05, 3.63) is 71.6 Å². The van der Waals surface area contributed by atoms with E-state index in [-0.39, 0.29) is 18.5 Å². The second-order valence-corrected chi connectivity index (χ2v) is 7.43. The van der Waals surface area contributed by atoms with Crippen LogP contribution in [0.1, 0.15) is 22.4 Å². The van der Waals surface area contributed by atoms with Crippen LogP contribution in [0.3, 0.4) is 0 Å². The molecule has 2 N–H and O–H groups in total. The Bertz CT molecular complexity index is 1190. The van der Waals surface area contributed by atoms with Crippen molar-refractivity contribution >= 4 is 39.1 Å². The van der Waals surface area contributed by atoms with Crippen molar-refractivity contribution < 1.29 is 14.3 Å². The molecule has 8 nitrogen and oxygen atoms in total. The first-order valence-corrected chi connectivity index (χ1v) is 10.2. The normalized spacial score (nSPS) is 10.7. The number of hydrogen-bond acceptors (Lipinski definition) is 6. The van der Waals surface area contributed by atoms with Crippen molar-refractivity contribution in [1.29, 1.82) is 0 Å². The summed E-state index contributed by atoms with van der Waals surface area (Å²) in [4.78, 5) is 24.8. The Labute approximate surface area is 176 Å². The number of fused-ring (bicyclic) bond motifs is 1. The molecule has 2 heterocycles. The molecule has 0 aliphatic rings. The number of thiophene rings is 1. The lowest BCUT2D eigenvalue weighted by Gasteiger charge is -2.09. The third kappa shape index (κ3) is 4.31. The van der Waals surface area contributed by atoms with Crippen LogP contribution in [0.15, 0.2) is 60.9 Å². The second kappa shape index (κ2) is 8.75. The number of amides is 2. The van der Waals surface area contributed by atoms with E-state index in [1.165, 1.54) is 11.3 Å². The lowest BCUT2D eigenvalue weighted by atomic mass is 10.2. The molecule has 30 heavy (non-hydrogen) atoms. The number of nitrogens with one attached hydrogen (secondary N) is 2. The summed E-state index contributed by atoms with van der Waals surface area (Å²) in [7, 11) is 0. The summed E-state index contributed by atoms with van der Waals surface area (Å²) in [5.41, 5.74) is 1.54. The maximum Gasteiger partial charge on any atom is 0.348 e. The van der Waals surface area contributed by atoms with E-state index in [4.69, 9.17) is 4.74 Å². The van der Waals surface area contributed by atoms with E-state index >= 15 is 0 Å². The quantitative estimate of drug-likeness (QED) is 0.459. The monoisotopic (exact) mass is 421 g/mol. The highest BCUT2D eigenvalue weighted by molar-refractivity contribution is 7.20. The van der Waals surface area contributed by atoms with Crippen molar-refractivity contribution in [2.24, 2.45) is 0 Å². The highest BCUT2D eigenvalue weighted by Crippen LogP contribution is 2.28. The molecule has 9 heteroatoms. The molecule has 0 saturated heterocycles. The van der Waals surface area contributed by atoms with Gasteiger partial charge in [0.2, 0.25) is 0 Å². The molecule has 4 rings (SSSR count). The molecule has 0 atom stereocenters. The zero-order valence-corrected chi connectivity index (χ0v) is 17.0.